The molecule has 3 aromatic carbocycles. The molecular formula is C37H35N5O6. The van der Waals surface area contributed by atoms with E-state index in [1.807, 2.05) is 60.9 Å². The third kappa shape index (κ3) is 5.90. The van der Waals surface area contributed by atoms with Crippen LogP contribution in [0.3, 0.4) is 0 Å². The molecule has 2 aromatic heterocycles. The van der Waals surface area contributed by atoms with Gasteiger partial charge in [-0.25, -0.2) is 15.0 Å². The zero-order valence-electron chi connectivity index (χ0n) is 27.3. The Morgan fingerprint density at radius 1 is 0.896 bits per heavy atom. The van der Waals surface area contributed by atoms with Crippen LogP contribution in [0.4, 0.5) is 0 Å². The molecular weight excluding hydrogens is 610 g/mol. The van der Waals surface area contributed by atoms with Crippen molar-refractivity contribution in [2.45, 2.75) is 26.3 Å². The fraction of sp³-hybridized carbons (Fsp3) is 0.243. The monoisotopic (exact) mass is 645 g/mol. The van der Waals surface area contributed by atoms with E-state index in [0.717, 1.165) is 38.2 Å². The second kappa shape index (κ2) is 13.5. The number of hydrogen-bond donors (Lipinski definition) is 1. The number of nitrogens with zero attached hydrogens (tertiary/aromatic N) is 4. The van der Waals surface area contributed by atoms with Gasteiger partial charge in [0.2, 0.25) is 5.75 Å². The number of ether oxygens (including phenoxy) is 3. The molecule has 5 aromatic rings. The number of carbonyl (C=O) groups excluding carboxylic acids is 3. The maximum atomic E-state index is 12.5. The van der Waals surface area contributed by atoms with Gasteiger partial charge in [-0.15, -0.1) is 0 Å². The summed E-state index contributed by atoms with van der Waals surface area (Å²) in [5.74, 6) is 1.12. The van der Waals surface area contributed by atoms with Gasteiger partial charge in [0.25, 0.3) is 5.91 Å². The molecule has 0 bridgehead atoms. The van der Waals surface area contributed by atoms with Crippen molar-refractivity contribution in [2.24, 2.45) is 5.92 Å². The maximum absolute atomic E-state index is 12.5. The van der Waals surface area contributed by atoms with E-state index < -0.39 is 0 Å². The Hall–Kier alpha value is -5.84. The third-order valence-corrected chi connectivity index (χ3v) is 8.70. The number of rotatable bonds is 7. The normalized spacial score (nSPS) is 15.9. The summed E-state index contributed by atoms with van der Waals surface area (Å²) in [6, 6.07) is 15.0. The minimum absolute atomic E-state index is 0.0436. The quantitative estimate of drug-likeness (QED) is 0.281. The van der Waals surface area contributed by atoms with Crippen molar-refractivity contribution >= 4 is 40.8 Å². The summed E-state index contributed by atoms with van der Waals surface area (Å²) < 4.78 is 17.7. The molecule has 48 heavy (non-hydrogen) atoms. The Morgan fingerprint density at radius 2 is 1.62 bits per heavy atom. The van der Waals surface area contributed by atoms with Crippen molar-refractivity contribution in [3.8, 4) is 28.4 Å². The lowest BCUT2D eigenvalue weighted by Gasteiger charge is -2.23. The highest BCUT2D eigenvalue weighted by molar-refractivity contribution is 6.22. The van der Waals surface area contributed by atoms with Crippen molar-refractivity contribution in [3.63, 3.8) is 0 Å². The average molecular weight is 646 g/mol. The van der Waals surface area contributed by atoms with Crippen LogP contribution in [-0.4, -0.2) is 64.9 Å². The van der Waals surface area contributed by atoms with E-state index in [9.17, 15) is 14.4 Å². The molecule has 0 fully saturated rings. The molecule has 2 heterocycles. The van der Waals surface area contributed by atoms with E-state index in [1.165, 1.54) is 27.7 Å². The van der Waals surface area contributed by atoms with Crippen molar-refractivity contribution in [2.75, 3.05) is 27.9 Å². The predicted octanol–water partition coefficient (Wildman–Crippen LogP) is 3.72. The highest BCUT2D eigenvalue weighted by atomic mass is 16.5. The van der Waals surface area contributed by atoms with Crippen LogP contribution >= 0.6 is 0 Å². The number of fused-ring (bicyclic) bond motifs is 6. The van der Waals surface area contributed by atoms with Crippen LogP contribution in [0.1, 0.15) is 46.0 Å². The minimum atomic E-state index is -0.245. The Balaban J connectivity index is 0.000000169. The Labute approximate surface area is 276 Å². The van der Waals surface area contributed by atoms with E-state index in [1.54, 1.807) is 30.7 Å². The molecule has 244 valence electrons. The van der Waals surface area contributed by atoms with Gasteiger partial charge in [0.1, 0.15) is 17.6 Å². The van der Waals surface area contributed by atoms with Gasteiger partial charge in [0.05, 0.1) is 33.9 Å². The predicted molar refractivity (Wildman–Crippen MR) is 181 cm³/mol. The van der Waals surface area contributed by atoms with E-state index in [4.69, 9.17) is 14.2 Å². The molecule has 11 heteroatoms. The molecule has 0 spiro atoms. The number of nitrogens with one attached hydrogen (secondary N) is 1. The minimum Gasteiger partial charge on any atom is -0.493 e. The van der Waals surface area contributed by atoms with Crippen molar-refractivity contribution in [1.82, 2.24) is 24.8 Å². The lowest BCUT2D eigenvalue weighted by molar-refractivity contribution is -0.122. The lowest BCUT2D eigenvalue weighted by atomic mass is 9.79. The number of benzene rings is 3. The fourth-order valence-corrected chi connectivity index (χ4v) is 6.22. The van der Waals surface area contributed by atoms with Crippen LogP contribution < -0.4 is 30.0 Å². The van der Waals surface area contributed by atoms with E-state index in [0.29, 0.717) is 41.5 Å². The van der Waals surface area contributed by atoms with Crippen LogP contribution in [-0.2, 0) is 11.3 Å². The summed E-state index contributed by atoms with van der Waals surface area (Å²) in [7, 11) is 4.52. The zero-order chi connectivity index (χ0) is 33.9. The number of ketones is 2. The van der Waals surface area contributed by atoms with Crippen LogP contribution in [0.5, 0.6) is 17.2 Å². The molecule has 0 radical (unpaired) electrons. The highest BCUT2D eigenvalue weighted by Gasteiger charge is 2.27. The molecule has 2 aliphatic carbocycles. The summed E-state index contributed by atoms with van der Waals surface area (Å²) in [6.45, 7) is 4.84. The van der Waals surface area contributed by atoms with Crippen LogP contribution in [0.2, 0.25) is 0 Å². The topological polar surface area (TPSA) is 135 Å². The van der Waals surface area contributed by atoms with Gasteiger partial charge in [-0.1, -0.05) is 56.3 Å². The van der Waals surface area contributed by atoms with Gasteiger partial charge in [-0.3, -0.25) is 14.4 Å². The molecule has 0 aliphatic heterocycles. The molecule has 2 atom stereocenters. The summed E-state index contributed by atoms with van der Waals surface area (Å²) in [6.07, 6.45) is 8.55. The van der Waals surface area contributed by atoms with Gasteiger partial charge in [-0.05, 0) is 45.3 Å². The Bertz CT molecular complexity index is 2170. The fourth-order valence-electron chi connectivity index (χ4n) is 6.22. The molecule has 11 nitrogen and oxygen atoms in total. The van der Waals surface area contributed by atoms with Crippen LogP contribution in [0.15, 0.2) is 67.4 Å². The molecule has 7 rings (SSSR count). The SMILES string of the molecule is CC1C=c2c(ccc3c2=CC(=O)c2ccccc2-3)C(C)C1=O.COc1cc(C(=O)NCCn2cnc3ncncc32)cc(OC)c1OC. The van der Waals surface area contributed by atoms with E-state index in [-0.39, 0.29) is 29.3 Å². The number of Topliss-reactive ketones (excluding diaryl/α,β-unsaturated/α-hetero) is 2. The second-order valence-corrected chi connectivity index (χ2v) is 11.5. The van der Waals surface area contributed by atoms with Crippen molar-refractivity contribution < 1.29 is 28.6 Å². The van der Waals surface area contributed by atoms with Gasteiger partial charge in [0, 0.05) is 36.1 Å². The van der Waals surface area contributed by atoms with Crippen molar-refractivity contribution in [1.29, 1.82) is 0 Å². The Morgan fingerprint density at radius 3 is 2.33 bits per heavy atom. The lowest BCUT2D eigenvalue weighted by Crippen LogP contribution is -2.40. The molecule has 2 unspecified atom stereocenters. The number of methoxy groups -OCH3 is 3. The number of imidazole rings is 1. The number of hydrogen-bond acceptors (Lipinski definition) is 9. The highest BCUT2D eigenvalue weighted by Crippen LogP contribution is 2.38. The summed E-state index contributed by atoms with van der Waals surface area (Å²) >= 11 is 0. The van der Waals surface area contributed by atoms with Gasteiger partial charge < -0.3 is 24.1 Å². The summed E-state index contributed by atoms with van der Waals surface area (Å²) in [5, 5.41) is 4.88. The largest absolute Gasteiger partial charge is 0.493 e. The zero-order valence-corrected chi connectivity index (χ0v) is 27.3. The first-order chi connectivity index (χ1) is 23.2. The number of carbonyl (C=O) groups is 3. The number of aromatic nitrogens is 4. The molecule has 0 saturated heterocycles. The van der Waals surface area contributed by atoms with Gasteiger partial charge in [0.15, 0.2) is 22.9 Å². The number of amides is 1. The van der Waals surface area contributed by atoms with E-state index in [2.05, 4.69) is 20.3 Å². The summed E-state index contributed by atoms with van der Waals surface area (Å²) in [4.78, 5) is 49.4. The first kappa shape index (κ1) is 32.1. The maximum Gasteiger partial charge on any atom is 0.251 e. The second-order valence-electron chi connectivity index (χ2n) is 11.5. The smallest absolute Gasteiger partial charge is 0.251 e. The molecule has 2 aliphatic rings. The average Bonchev–Trinajstić information content (AvgIpc) is 3.53. The molecule has 1 N–H and O–H groups in total. The third-order valence-electron chi connectivity index (χ3n) is 8.70. The first-order valence-electron chi connectivity index (χ1n) is 15.5. The van der Waals surface area contributed by atoms with Crippen molar-refractivity contribution in [3.05, 3.63) is 94.5 Å². The van der Waals surface area contributed by atoms with Crippen LogP contribution in [0.25, 0.3) is 34.4 Å². The summed E-state index contributed by atoms with van der Waals surface area (Å²) in [5.41, 5.74) is 5.70. The van der Waals surface area contributed by atoms with Gasteiger partial charge >= 0.3 is 0 Å². The van der Waals surface area contributed by atoms with Gasteiger partial charge in [-0.2, -0.15) is 0 Å². The Kier molecular flexibility index (Phi) is 9.02. The van der Waals surface area contributed by atoms with Crippen LogP contribution in [0, 0.1) is 5.92 Å². The molecule has 0 saturated carbocycles. The van der Waals surface area contributed by atoms with E-state index >= 15 is 0 Å². The molecule has 1 amide bonds. The first-order valence-corrected chi connectivity index (χ1v) is 15.5. The standard InChI is InChI=1S/C20H16O2.C17H19N5O4/c1-11-9-17-13(12(2)20(11)22)7-8-15-14-5-3-4-6-16(14)19(21)10-18(15)17;1-24-13-6-11(7-14(25-2)15(13)26-3)17(23)19-4-5-22-10-21-16-12(22)8-18-9-20-16/h3-12H,1-2H3;6-10H,4-5H2,1-3H3,(H,19,23).